The standard InChI is InChI=1S/C9H11Cl2N3O3/c1-3-17-9(16)5-4-12-14(2)7(5)13-8(15)6(10)11/h4,6H,3H2,1-2H3,(H,13,15). The van der Waals surface area contributed by atoms with Crippen LogP contribution in [0.25, 0.3) is 0 Å². The van der Waals surface area contributed by atoms with Crippen LogP contribution in [0.5, 0.6) is 0 Å². The molecule has 0 aliphatic carbocycles. The highest BCUT2D eigenvalue weighted by Crippen LogP contribution is 2.17. The molecule has 1 heterocycles. The molecule has 0 fully saturated rings. The zero-order valence-electron chi connectivity index (χ0n) is 9.24. The Balaban J connectivity index is 2.94. The number of nitrogens with one attached hydrogen (secondary N) is 1. The van der Waals surface area contributed by atoms with Gasteiger partial charge in [-0.2, -0.15) is 5.10 Å². The molecular formula is C9H11Cl2N3O3. The molecule has 1 aromatic rings. The lowest BCUT2D eigenvalue weighted by molar-refractivity contribution is -0.114. The number of hydrogen-bond acceptors (Lipinski definition) is 4. The Hall–Kier alpha value is -1.27. The fourth-order valence-electron chi connectivity index (χ4n) is 1.12. The first-order chi connectivity index (χ1) is 7.97. The van der Waals surface area contributed by atoms with Crippen LogP contribution in [0.1, 0.15) is 17.3 Å². The molecule has 0 aliphatic rings. The molecule has 17 heavy (non-hydrogen) atoms. The Kier molecular flexibility index (Phi) is 4.77. The summed E-state index contributed by atoms with van der Waals surface area (Å²) < 4.78 is 6.13. The van der Waals surface area contributed by atoms with Crippen molar-refractivity contribution >= 4 is 40.9 Å². The monoisotopic (exact) mass is 279 g/mol. The number of carbonyl (C=O) groups excluding carboxylic acids is 2. The van der Waals surface area contributed by atoms with E-state index in [1.54, 1.807) is 14.0 Å². The van der Waals surface area contributed by atoms with Gasteiger partial charge in [0.25, 0.3) is 5.91 Å². The van der Waals surface area contributed by atoms with Gasteiger partial charge in [-0.15, -0.1) is 0 Å². The van der Waals surface area contributed by atoms with Gasteiger partial charge in [0.15, 0.2) is 4.84 Å². The van der Waals surface area contributed by atoms with Crippen molar-refractivity contribution in [2.75, 3.05) is 11.9 Å². The molecule has 0 bridgehead atoms. The maximum Gasteiger partial charge on any atom is 0.343 e. The van der Waals surface area contributed by atoms with E-state index in [0.717, 1.165) is 0 Å². The maximum absolute atomic E-state index is 11.5. The van der Waals surface area contributed by atoms with Gasteiger partial charge < -0.3 is 10.1 Å². The summed E-state index contributed by atoms with van der Waals surface area (Å²) in [6.45, 7) is 1.91. The molecule has 0 radical (unpaired) electrons. The van der Waals surface area contributed by atoms with Crippen molar-refractivity contribution in [3.05, 3.63) is 11.8 Å². The molecule has 1 aromatic heterocycles. The number of rotatable bonds is 4. The van der Waals surface area contributed by atoms with Gasteiger partial charge in [-0.05, 0) is 6.92 Å². The minimum atomic E-state index is -1.22. The quantitative estimate of drug-likeness (QED) is 0.667. The third-order valence-corrected chi connectivity index (χ3v) is 2.27. The molecule has 94 valence electrons. The number of hydrogen-bond donors (Lipinski definition) is 1. The van der Waals surface area contributed by atoms with Crippen LogP contribution >= 0.6 is 23.2 Å². The summed E-state index contributed by atoms with van der Waals surface area (Å²) in [5, 5.41) is 6.24. The highest BCUT2D eigenvalue weighted by atomic mass is 35.5. The molecule has 8 heteroatoms. The number of halogens is 2. The molecule has 0 aliphatic heterocycles. The van der Waals surface area contributed by atoms with E-state index < -0.39 is 16.7 Å². The Bertz CT molecular complexity index is 431. The Morgan fingerprint density at radius 2 is 2.24 bits per heavy atom. The SMILES string of the molecule is CCOC(=O)c1cnn(C)c1NC(=O)C(Cl)Cl. The molecule has 0 spiro atoms. The van der Waals surface area contributed by atoms with Crippen molar-refractivity contribution in [3.8, 4) is 0 Å². The number of alkyl halides is 2. The zero-order chi connectivity index (χ0) is 13.0. The lowest BCUT2D eigenvalue weighted by atomic mass is 10.3. The van der Waals surface area contributed by atoms with E-state index in [9.17, 15) is 9.59 Å². The largest absolute Gasteiger partial charge is 0.462 e. The lowest BCUT2D eigenvalue weighted by Gasteiger charge is -2.08. The van der Waals surface area contributed by atoms with Gasteiger partial charge in [-0.1, -0.05) is 23.2 Å². The van der Waals surface area contributed by atoms with Crippen LogP contribution in [0.4, 0.5) is 5.82 Å². The second-order valence-electron chi connectivity index (χ2n) is 3.04. The van der Waals surface area contributed by atoms with Gasteiger partial charge >= 0.3 is 5.97 Å². The normalized spacial score (nSPS) is 10.4. The van der Waals surface area contributed by atoms with Crippen molar-refractivity contribution in [1.29, 1.82) is 0 Å². The number of anilines is 1. The number of aryl methyl sites for hydroxylation is 1. The highest BCUT2D eigenvalue weighted by molar-refractivity contribution is 6.54. The van der Waals surface area contributed by atoms with E-state index in [1.165, 1.54) is 10.9 Å². The molecule has 0 saturated heterocycles. The van der Waals surface area contributed by atoms with Crippen molar-refractivity contribution in [3.63, 3.8) is 0 Å². The molecule has 0 aromatic carbocycles. The lowest BCUT2D eigenvalue weighted by Crippen LogP contribution is -2.22. The summed E-state index contributed by atoms with van der Waals surface area (Å²) in [4.78, 5) is 21.6. The third kappa shape index (κ3) is 3.34. The van der Waals surface area contributed by atoms with Crippen LogP contribution in [0, 0.1) is 0 Å². The third-order valence-electron chi connectivity index (χ3n) is 1.87. The predicted octanol–water partition coefficient (Wildman–Crippen LogP) is 1.34. The van der Waals surface area contributed by atoms with Crippen molar-refractivity contribution in [2.24, 2.45) is 7.05 Å². The minimum Gasteiger partial charge on any atom is -0.462 e. The van der Waals surface area contributed by atoms with Gasteiger partial charge in [-0.3, -0.25) is 9.48 Å². The number of carbonyl (C=O) groups is 2. The van der Waals surface area contributed by atoms with Gasteiger partial charge in [0.05, 0.1) is 12.8 Å². The molecule has 0 atom stereocenters. The Labute approximate surface area is 108 Å². The van der Waals surface area contributed by atoms with Crippen molar-refractivity contribution in [2.45, 2.75) is 11.8 Å². The maximum atomic E-state index is 11.5. The summed E-state index contributed by atoms with van der Waals surface area (Å²) in [5.41, 5.74) is 0.150. The number of ether oxygens (including phenoxy) is 1. The summed E-state index contributed by atoms with van der Waals surface area (Å²) in [7, 11) is 1.57. The van der Waals surface area contributed by atoms with Crippen LogP contribution in [-0.4, -0.2) is 33.1 Å². The van der Waals surface area contributed by atoms with E-state index in [2.05, 4.69) is 10.4 Å². The van der Waals surface area contributed by atoms with Crippen LogP contribution in [0.15, 0.2) is 6.20 Å². The van der Waals surface area contributed by atoms with Crippen LogP contribution < -0.4 is 5.32 Å². The van der Waals surface area contributed by atoms with E-state index in [-0.39, 0.29) is 18.0 Å². The Morgan fingerprint density at radius 3 is 2.76 bits per heavy atom. The first-order valence-electron chi connectivity index (χ1n) is 4.75. The number of nitrogens with zero attached hydrogens (tertiary/aromatic N) is 2. The van der Waals surface area contributed by atoms with E-state index in [0.29, 0.717) is 0 Å². The van der Waals surface area contributed by atoms with Crippen LogP contribution in [-0.2, 0) is 16.6 Å². The van der Waals surface area contributed by atoms with Gasteiger partial charge in [0, 0.05) is 7.05 Å². The first-order valence-corrected chi connectivity index (χ1v) is 5.62. The summed E-state index contributed by atoms with van der Waals surface area (Å²) in [6.07, 6.45) is 1.30. The van der Waals surface area contributed by atoms with Crippen LogP contribution in [0.3, 0.4) is 0 Å². The van der Waals surface area contributed by atoms with E-state index >= 15 is 0 Å². The highest BCUT2D eigenvalue weighted by Gasteiger charge is 2.21. The van der Waals surface area contributed by atoms with E-state index in [4.69, 9.17) is 27.9 Å². The number of aromatic nitrogens is 2. The van der Waals surface area contributed by atoms with Crippen LogP contribution in [0.2, 0.25) is 0 Å². The average molecular weight is 280 g/mol. The fraction of sp³-hybridized carbons (Fsp3) is 0.444. The molecule has 0 saturated carbocycles. The Morgan fingerprint density at radius 1 is 1.59 bits per heavy atom. The average Bonchev–Trinajstić information content (AvgIpc) is 2.61. The zero-order valence-corrected chi connectivity index (χ0v) is 10.7. The molecule has 0 unspecified atom stereocenters. The molecule has 1 amide bonds. The second-order valence-corrected chi connectivity index (χ2v) is 4.14. The topological polar surface area (TPSA) is 73.2 Å². The molecule has 6 nitrogen and oxygen atoms in total. The predicted molar refractivity (Wildman–Crippen MR) is 63.3 cm³/mol. The van der Waals surface area contributed by atoms with Crippen molar-refractivity contribution in [1.82, 2.24) is 9.78 Å². The first kappa shape index (κ1) is 13.8. The van der Waals surface area contributed by atoms with Gasteiger partial charge in [0.1, 0.15) is 11.4 Å². The van der Waals surface area contributed by atoms with Gasteiger partial charge in [-0.25, -0.2) is 4.79 Å². The summed E-state index contributed by atoms with van der Waals surface area (Å²) in [6, 6.07) is 0. The van der Waals surface area contributed by atoms with Crippen molar-refractivity contribution < 1.29 is 14.3 Å². The van der Waals surface area contributed by atoms with E-state index in [1.807, 2.05) is 0 Å². The summed E-state index contributed by atoms with van der Waals surface area (Å²) >= 11 is 10.8. The fourth-order valence-corrected chi connectivity index (χ4v) is 1.22. The second kappa shape index (κ2) is 5.88. The minimum absolute atomic E-state index is 0.150. The number of esters is 1. The smallest absolute Gasteiger partial charge is 0.343 e. The number of amides is 1. The van der Waals surface area contributed by atoms with Gasteiger partial charge in [0.2, 0.25) is 0 Å². The molecular weight excluding hydrogens is 269 g/mol. The summed E-state index contributed by atoms with van der Waals surface area (Å²) in [5.74, 6) is -1.01. The molecule has 1 rings (SSSR count). The molecule has 1 N–H and O–H groups in total.